The van der Waals surface area contributed by atoms with Gasteiger partial charge in [-0.25, -0.2) is 8.78 Å². The Morgan fingerprint density at radius 3 is 1.46 bits per heavy atom. The average molecular weight is 316 g/mol. The van der Waals surface area contributed by atoms with Crippen molar-refractivity contribution in [3.05, 3.63) is 106 Å². The molecule has 2 aromatic carbocycles. The summed E-state index contributed by atoms with van der Waals surface area (Å²) < 4.78 is 29.4. The lowest BCUT2D eigenvalue weighted by atomic mass is 9.65. The van der Waals surface area contributed by atoms with E-state index >= 15 is 0 Å². The Hall–Kier alpha value is -2.74. The molecule has 0 heterocycles. The third-order valence-corrected chi connectivity index (χ3v) is 5.22. The molecule has 0 aromatic heterocycles. The molecule has 2 heteroatoms. The van der Waals surface area contributed by atoms with Gasteiger partial charge in [-0.2, -0.15) is 0 Å². The third-order valence-electron chi connectivity index (χ3n) is 5.22. The van der Waals surface area contributed by atoms with Gasteiger partial charge < -0.3 is 0 Å². The maximum atomic E-state index is 14.7. The van der Waals surface area contributed by atoms with E-state index in [-0.39, 0.29) is 23.5 Å². The molecule has 0 saturated heterocycles. The molecule has 0 saturated carbocycles. The Labute approximate surface area is 139 Å². The number of rotatable bonds is 0. The maximum Gasteiger partial charge on any atom is 0.127 e. The number of hydrogen-bond acceptors (Lipinski definition) is 0. The predicted octanol–water partition coefficient (Wildman–Crippen LogP) is 6.07. The summed E-state index contributed by atoms with van der Waals surface area (Å²) in [6.45, 7) is 0. The van der Waals surface area contributed by atoms with Crippen molar-refractivity contribution in [1.29, 1.82) is 0 Å². The van der Waals surface area contributed by atoms with E-state index in [0.717, 1.165) is 22.3 Å². The summed E-state index contributed by atoms with van der Waals surface area (Å²) >= 11 is 0. The number of halogens is 2. The fourth-order valence-electron chi connectivity index (χ4n) is 4.19. The van der Waals surface area contributed by atoms with Crippen LogP contribution in [0.25, 0.3) is 12.2 Å². The Bertz CT molecular complexity index is 907. The van der Waals surface area contributed by atoms with Crippen LogP contribution >= 0.6 is 0 Å². The summed E-state index contributed by atoms with van der Waals surface area (Å²) in [7, 11) is 0. The third kappa shape index (κ3) is 1.77. The van der Waals surface area contributed by atoms with Crippen molar-refractivity contribution in [3.63, 3.8) is 0 Å². The van der Waals surface area contributed by atoms with Crippen LogP contribution in [-0.4, -0.2) is 0 Å². The molecule has 0 nitrogen and oxygen atoms in total. The van der Waals surface area contributed by atoms with Crippen molar-refractivity contribution in [2.24, 2.45) is 0 Å². The van der Waals surface area contributed by atoms with E-state index in [1.54, 1.807) is 24.3 Å². The summed E-state index contributed by atoms with van der Waals surface area (Å²) in [4.78, 5) is 0. The second-order valence-electron chi connectivity index (χ2n) is 6.44. The minimum absolute atomic E-state index is 0.188. The van der Waals surface area contributed by atoms with Gasteiger partial charge in [0.05, 0.1) is 0 Å². The molecule has 0 amide bonds. The Morgan fingerprint density at radius 1 is 0.583 bits per heavy atom. The Kier molecular flexibility index (Phi) is 2.78. The van der Waals surface area contributed by atoms with Crippen molar-refractivity contribution in [3.8, 4) is 0 Å². The summed E-state index contributed by atoms with van der Waals surface area (Å²) in [5, 5.41) is 0. The van der Waals surface area contributed by atoms with Gasteiger partial charge in [-0.05, 0) is 45.6 Å². The summed E-state index contributed by atoms with van der Waals surface area (Å²) in [5.41, 5.74) is 5.17. The lowest BCUT2D eigenvalue weighted by Gasteiger charge is -2.38. The second kappa shape index (κ2) is 4.88. The maximum absolute atomic E-state index is 14.7. The lowest BCUT2D eigenvalue weighted by Crippen LogP contribution is -2.24. The summed E-state index contributed by atoms with van der Waals surface area (Å²) in [6.07, 6.45) is 6.63. The van der Waals surface area contributed by atoms with Crippen LogP contribution in [0.2, 0.25) is 0 Å². The smallest absolute Gasteiger partial charge is 0.127 e. The van der Waals surface area contributed by atoms with Crippen molar-refractivity contribution >= 4 is 12.2 Å². The van der Waals surface area contributed by atoms with E-state index < -0.39 is 0 Å². The zero-order valence-electron chi connectivity index (χ0n) is 12.8. The van der Waals surface area contributed by atoms with Gasteiger partial charge in [0.2, 0.25) is 0 Å². The fourth-order valence-corrected chi connectivity index (χ4v) is 4.19. The van der Waals surface area contributed by atoms with Crippen LogP contribution in [-0.2, 0) is 0 Å². The molecule has 0 N–H and O–H groups in total. The molecule has 2 atom stereocenters. The first-order valence-electron chi connectivity index (χ1n) is 8.09. The number of allylic oxidation sites excluding steroid dienone is 6. The molecule has 5 rings (SSSR count). The van der Waals surface area contributed by atoms with Crippen LogP contribution < -0.4 is 0 Å². The average Bonchev–Trinajstić information content (AvgIpc) is 2.61. The van der Waals surface area contributed by atoms with E-state index in [1.165, 1.54) is 0 Å². The van der Waals surface area contributed by atoms with Crippen LogP contribution in [0, 0.1) is 0 Å². The van der Waals surface area contributed by atoms with Crippen LogP contribution in [0.5, 0.6) is 0 Å². The molecule has 24 heavy (non-hydrogen) atoms. The van der Waals surface area contributed by atoms with Crippen LogP contribution in [0.15, 0.2) is 83.5 Å². The monoisotopic (exact) mass is 316 g/mol. The standard InChI is InChI=1S/C22H14F2/c23-19-11-13-5-1-3-7-15(13)21-17(19)9-10-18-20(24)12-14-6-2-4-8-16(14)22(18)21/h1-12,21-22H. The molecule has 3 aliphatic carbocycles. The minimum Gasteiger partial charge on any atom is -0.207 e. The predicted molar refractivity (Wildman–Crippen MR) is 92.7 cm³/mol. The highest BCUT2D eigenvalue weighted by atomic mass is 19.1. The SMILES string of the molecule is FC1=Cc2ccccc2C2C1=CC=C1C(F)=Cc3ccccc3C12. The first-order valence-corrected chi connectivity index (χ1v) is 8.09. The lowest BCUT2D eigenvalue weighted by molar-refractivity contribution is 0.554. The molecule has 0 aliphatic heterocycles. The molecule has 0 radical (unpaired) electrons. The first-order chi connectivity index (χ1) is 11.7. The van der Waals surface area contributed by atoms with Gasteiger partial charge in [0.15, 0.2) is 0 Å². The largest absolute Gasteiger partial charge is 0.207 e. The van der Waals surface area contributed by atoms with Gasteiger partial charge in [0.25, 0.3) is 0 Å². The molecule has 0 fully saturated rings. The van der Waals surface area contributed by atoms with E-state index in [0.29, 0.717) is 11.1 Å². The number of hydrogen-bond donors (Lipinski definition) is 0. The molecule has 2 aromatic rings. The molecule has 2 unspecified atom stereocenters. The van der Waals surface area contributed by atoms with Crippen LogP contribution in [0.4, 0.5) is 8.78 Å². The highest BCUT2D eigenvalue weighted by molar-refractivity contribution is 5.75. The van der Waals surface area contributed by atoms with Gasteiger partial charge in [-0.1, -0.05) is 60.7 Å². The summed E-state index contributed by atoms with van der Waals surface area (Å²) in [5.74, 6) is -0.818. The Morgan fingerprint density at radius 2 is 1.00 bits per heavy atom. The highest BCUT2D eigenvalue weighted by Gasteiger charge is 2.40. The van der Waals surface area contributed by atoms with Crippen LogP contribution in [0.3, 0.4) is 0 Å². The quantitative estimate of drug-likeness (QED) is 0.553. The molecular formula is C22H14F2. The highest BCUT2D eigenvalue weighted by Crippen LogP contribution is 2.55. The Balaban J connectivity index is 1.81. The van der Waals surface area contributed by atoms with E-state index in [2.05, 4.69) is 0 Å². The van der Waals surface area contributed by atoms with E-state index in [9.17, 15) is 8.78 Å². The number of benzene rings is 2. The second-order valence-corrected chi connectivity index (χ2v) is 6.44. The van der Waals surface area contributed by atoms with Crippen molar-refractivity contribution in [2.75, 3.05) is 0 Å². The van der Waals surface area contributed by atoms with E-state index in [1.807, 2.05) is 48.5 Å². The summed E-state index contributed by atoms with van der Waals surface area (Å²) in [6, 6.07) is 15.6. The molecule has 0 bridgehead atoms. The zero-order chi connectivity index (χ0) is 16.3. The number of fused-ring (bicyclic) bond motifs is 7. The van der Waals surface area contributed by atoms with Gasteiger partial charge in [0.1, 0.15) is 11.7 Å². The first kappa shape index (κ1) is 13.7. The van der Waals surface area contributed by atoms with Gasteiger partial charge in [-0.3, -0.25) is 0 Å². The fraction of sp³-hybridized carbons (Fsp3) is 0.0909. The van der Waals surface area contributed by atoms with Crippen molar-refractivity contribution in [1.82, 2.24) is 0 Å². The molecule has 116 valence electrons. The van der Waals surface area contributed by atoms with Gasteiger partial charge in [-0.15, -0.1) is 0 Å². The van der Waals surface area contributed by atoms with Crippen molar-refractivity contribution in [2.45, 2.75) is 11.8 Å². The van der Waals surface area contributed by atoms with E-state index in [4.69, 9.17) is 0 Å². The van der Waals surface area contributed by atoms with Crippen molar-refractivity contribution < 1.29 is 8.78 Å². The van der Waals surface area contributed by atoms with Crippen LogP contribution in [0.1, 0.15) is 34.1 Å². The molecular weight excluding hydrogens is 302 g/mol. The zero-order valence-corrected chi connectivity index (χ0v) is 12.8. The molecule has 3 aliphatic rings. The van der Waals surface area contributed by atoms with Gasteiger partial charge >= 0.3 is 0 Å². The van der Waals surface area contributed by atoms with Gasteiger partial charge in [0, 0.05) is 11.8 Å². The minimum atomic E-state index is -0.221. The topological polar surface area (TPSA) is 0 Å². The molecule has 0 spiro atoms. The normalized spacial score (nSPS) is 23.6.